The van der Waals surface area contributed by atoms with Crippen molar-refractivity contribution in [2.24, 2.45) is 7.05 Å². The van der Waals surface area contributed by atoms with Crippen molar-refractivity contribution in [3.05, 3.63) is 96.5 Å². The molecule has 0 aliphatic rings. The number of H-pyrrole nitrogens is 1. The molecule has 0 spiro atoms. The largest absolute Gasteiger partial charge is 0.352 e. The van der Waals surface area contributed by atoms with Crippen LogP contribution in [-0.2, 0) is 13.5 Å². The minimum Gasteiger partial charge on any atom is -0.352 e. The number of ketones is 1. The lowest BCUT2D eigenvalue weighted by atomic mass is 10.1. The van der Waals surface area contributed by atoms with Crippen LogP contribution in [0.15, 0.2) is 85.1 Å². The lowest BCUT2D eigenvalue weighted by Gasteiger charge is -2.06. The van der Waals surface area contributed by atoms with Gasteiger partial charge in [0, 0.05) is 47.9 Å². The van der Waals surface area contributed by atoms with Gasteiger partial charge in [0.2, 0.25) is 11.7 Å². The van der Waals surface area contributed by atoms with Crippen molar-refractivity contribution in [1.29, 1.82) is 0 Å². The second-order valence-electron chi connectivity index (χ2n) is 8.44. The van der Waals surface area contributed by atoms with E-state index in [0.29, 0.717) is 11.6 Å². The van der Waals surface area contributed by atoms with Crippen molar-refractivity contribution < 1.29 is 4.79 Å². The summed E-state index contributed by atoms with van der Waals surface area (Å²) in [5, 5.41) is 4.17. The molecular weight excluding hydrogens is 438 g/mol. The van der Waals surface area contributed by atoms with E-state index < -0.39 is 0 Å². The fourth-order valence-electron chi connectivity index (χ4n) is 3.87. The third-order valence-electron chi connectivity index (χ3n) is 5.79. The molecule has 0 amide bonds. The molecule has 1 aromatic carbocycles. The number of imidazole rings is 1. The molecular formula is C27H25N7O. The molecule has 8 heteroatoms. The molecule has 8 nitrogen and oxygen atoms in total. The molecule has 0 aliphatic carbocycles. The minimum absolute atomic E-state index is 0.0374. The first kappa shape index (κ1) is 22.2. The summed E-state index contributed by atoms with van der Waals surface area (Å²) in [7, 11) is 1.98. The van der Waals surface area contributed by atoms with Gasteiger partial charge in [-0.2, -0.15) is 0 Å². The van der Waals surface area contributed by atoms with Crippen LogP contribution < -0.4 is 5.32 Å². The van der Waals surface area contributed by atoms with E-state index in [1.54, 1.807) is 24.8 Å². The summed E-state index contributed by atoms with van der Waals surface area (Å²) in [6.45, 7) is 1.98. The number of rotatable bonds is 8. The second kappa shape index (κ2) is 9.72. The zero-order chi connectivity index (χ0) is 24.2. The van der Waals surface area contributed by atoms with E-state index in [9.17, 15) is 4.79 Å². The first-order chi connectivity index (χ1) is 17.0. The number of aryl methyl sites for hydroxylation is 2. The third kappa shape index (κ3) is 5.16. The van der Waals surface area contributed by atoms with Crippen molar-refractivity contribution in [2.45, 2.75) is 19.8 Å². The van der Waals surface area contributed by atoms with Crippen LogP contribution in [-0.4, -0.2) is 35.3 Å². The van der Waals surface area contributed by atoms with Crippen LogP contribution in [0, 0.1) is 0 Å². The first-order valence-electron chi connectivity index (χ1n) is 11.4. The van der Waals surface area contributed by atoms with Crippen LogP contribution >= 0.6 is 0 Å². The summed E-state index contributed by atoms with van der Waals surface area (Å²) < 4.78 is 2.00. The second-order valence-corrected chi connectivity index (χ2v) is 8.44. The maximum absolute atomic E-state index is 12.8. The Hall–Kier alpha value is -4.59. The van der Waals surface area contributed by atoms with Gasteiger partial charge in [-0.05, 0) is 68.3 Å². The molecule has 0 atom stereocenters. The first-order valence-corrected chi connectivity index (χ1v) is 11.4. The van der Waals surface area contributed by atoms with E-state index in [0.717, 1.165) is 52.1 Å². The smallest absolute Gasteiger partial charge is 0.227 e. The zero-order valence-electron chi connectivity index (χ0n) is 19.6. The van der Waals surface area contributed by atoms with Gasteiger partial charge in [-0.15, -0.1) is 0 Å². The third-order valence-corrected chi connectivity index (χ3v) is 5.79. The molecule has 35 heavy (non-hydrogen) atoms. The number of carbonyl (C=O) groups excluding carboxylic acids is 1. The number of aromatic amines is 1. The topological polar surface area (TPSA) is 101 Å². The summed E-state index contributed by atoms with van der Waals surface area (Å²) in [4.78, 5) is 33.4. The number of benzene rings is 1. The molecule has 0 fully saturated rings. The van der Waals surface area contributed by atoms with E-state index in [1.165, 1.54) is 0 Å². The number of hydrogen-bond donors (Lipinski definition) is 2. The zero-order valence-corrected chi connectivity index (χ0v) is 19.6. The summed E-state index contributed by atoms with van der Waals surface area (Å²) in [5.41, 5.74) is 5.98. The molecule has 0 radical (unpaired) electrons. The summed E-state index contributed by atoms with van der Waals surface area (Å²) >= 11 is 0. The van der Waals surface area contributed by atoms with Crippen LogP contribution in [0.3, 0.4) is 0 Å². The van der Waals surface area contributed by atoms with Crippen LogP contribution in [0.25, 0.3) is 22.3 Å². The highest BCUT2D eigenvalue weighted by molar-refractivity contribution is 6.06. The number of aromatic nitrogens is 6. The van der Waals surface area contributed by atoms with Gasteiger partial charge >= 0.3 is 0 Å². The standard InChI is InChI=1S/C27H25N7O/c1-18(6-8-21-16-28-17-34(21)2)13-26(35)25-15-19-14-20(7-9-22(19)32-25)31-27-30-12-10-24(33-27)23-5-3-4-11-29-23/h3-5,7,9-17,32H,6,8H2,1-2H3,(H,30,31,33)/b18-13+. The molecule has 4 aromatic heterocycles. The van der Waals surface area contributed by atoms with Crippen LogP contribution in [0.1, 0.15) is 29.5 Å². The maximum Gasteiger partial charge on any atom is 0.227 e. The Bertz CT molecular complexity index is 1520. The number of anilines is 2. The Morgan fingerprint density at radius 3 is 2.80 bits per heavy atom. The molecule has 174 valence electrons. The van der Waals surface area contributed by atoms with Gasteiger partial charge in [0.1, 0.15) is 0 Å². The van der Waals surface area contributed by atoms with Crippen molar-refractivity contribution in [2.75, 3.05) is 5.32 Å². The molecule has 5 rings (SSSR count). The molecule has 0 bridgehead atoms. The van der Waals surface area contributed by atoms with Crippen LogP contribution in [0.2, 0.25) is 0 Å². The molecule has 5 aromatic rings. The van der Waals surface area contributed by atoms with E-state index in [-0.39, 0.29) is 5.78 Å². The number of hydrogen-bond acceptors (Lipinski definition) is 6. The Labute approximate surface area is 202 Å². The number of pyridine rings is 1. The molecule has 0 aliphatic heterocycles. The van der Waals surface area contributed by atoms with Gasteiger partial charge in [-0.3, -0.25) is 9.78 Å². The Morgan fingerprint density at radius 2 is 2.00 bits per heavy atom. The highest BCUT2D eigenvalue weighted by Crippen LogP contribution is 2.23. The molecule has 0 saturated carbocycles. The predicted octanol–water partition coefficient (Wildman–Crippen LogP) is 5.26. The van der Waals surface area contributed by atoms with Crippen molar-refractivity contribution in [1.82, 2.24) is 29.5 Å². The van der Waals surface area contributed by atoms with Gasteiger partial charge in [0.15, 0.2) is 0 Å². The average Bonchev–Trinajstić information content (AvgIpc) is 3.49. The fourth-order valence-corrected chi connectivity index (χ4v) is 3.87. The Balaban J connectivity index is 1.29. The summed E-state index contributed by atoms with van der Waals surface area (Å²) in [5.74, 6) is 0.441. The number of allylic oxidation sites excluding steroid dienone is 2. The quantitative estimate of drug-likeness (QED) is 0.240. The van der Waals surface area contributed by atoms with Crippen LogP contribution in [0.4, 0.5) is 11.6 Å². The van der Waals surface area contributed by atoms with Gasteiger partial charge in [-0.25, -0.2) is 15.0 Å². The average molecular weight is 464 g/mol. The molecule has 2 N–H and O–H groups in total. The van der Waals surface area contributed by atoms with Gasteiger partial charge in [0.05, 0.1) is 23.4 Å². The molecule has 4 heterocycles. The monoisotopic (exact) mass is 463 g/mol. The van der Waals surface area contributed by atoms with E-state index in [1.807, 2.05) is 73.3 Å². The van der Waals surface area contributed by atoms with Gasteiger partial charge < -0.3 is 14.9 Å². The number of nitrogens with zero attached hydrogens (tertiary/aromatic N) is 5. The van der Waals surface area contributed by atoms with Gasteiger partial charge in [0.25, 0.3) is 0 Å². The minimum atomic E-state index is -0.0374. The lowest BCUT2D eigenvalue weighted by Crippen LogP contribution is -1.98. The van der Waals surface area contributed by atoms with Gasteiger partial charge in [-0.1, -0.05) is 11.6 Å². The number of nitrogens with one attached hydrogen (secondary N) is 2. The van der Waals surface area contributed by atoms with E-state index in [4.69, 9.17) is 0 Å². The Morgan fingerprint density at radius 1 is 1.09 bits per heavy atom. The fraction of sp³-hybridized carbons (Fsp3) is 0.148. The van der Waals surface area contributed by atoms with E-state index in [2.05, 4.69) is 30.2 Å². The molecule has 0 saturated heterocycles. The highest BCUT2D eigenvalue weighted by atomic mass is 16.1. The predicted molar refractivity (Wildman–Crippen MR) is 136 cm³/mol. The number of carbonyl (C=O) groups is 1. The van der Waals surface area contributed by atoms with Crippen molar-refractivity contribution in [3.63, 3.8) is 0 Å². The summed E-state index contributed by atoms with van der Waals surface area (Å²) in [6.07, 6.45) is 10.4. The lowest BCUT2D eigenvalue weighted by molar-refractivity contribution is 0.104. The van der Waals surface area contributed by atoms with E-state index >= 15 is 0 Å². The van der Waals surface area contributed by atoms with Crippen molar-refractivity contribution in [3.8, 4) is 11.4 Å². The summed E-state index contributed by atoms with van der Waals surface area (Å²) in [6, 6.07) is 15.2. The van der Waals surface area contributed by atoms with Crippen LogP contribution in [0.5, 0.6) is 0 Å². The highest BCUT2D eigenvalue weighted by Gasteiger charge is 2.10. The maximum atomic E-state index is 12.8. The SMILES string of the molecule is C/C(=C\C(=O)c1cc2cc(Nc3nccc(-c4ccccn4)n3)ccc2[nH]1)CCc1cncn1C. The Kier molecular flexibility index (Phi) is 6.17. The molecule has 0 unspecified atom stereocenters. The normalized spacial score (nSPS) is 11.7. The number of fused-ring (bicyclic) bond motifs is 1. The van der Waals surface area contributed by atoms with Crippen molar-refractivity contribution >= 4 is 28.3 Å².